The van der Waals surface area contributed by atoms with E-state index in [9.17, 15) is 4.79 Å². The topological polar surface area (TPSA) is 110 Å². The smallest absolute Gasteiger partial charge is 0.326 e. The van der Waals surface area contributed by atoms with Crippen molar-refractivity contribution in [1.82, 2.24) is 15.3 Å². The number of aliphatic imine (C=N–C) groups is 1. The van der Waals surface area contributed by atoms with Gasteiger partial charge in [0.1, 0.15) is 0 Å². The van der Waals surface area contributed by atoms with Crippen molar-refractivity contribution in [3.63, 3.8) is 0 Å². The Morgan fingerprint density at radius 2 is 1.81 bits per heavy atom. The van der Waals surface area contributed by atoms with E-state index in [-0.39, 0.29) is 19.3 Å². The number of nitrogens with one attached hydrogen (secondary N) is 3. The van der Waals surface area contributed by atoms with Crippen LogP contribution in [0.3, 0.4) is 0 Å². The molecule has 32 heavy (non-hydrogen) atoms. The first-order valence-corrected chi connectivity index (χ1v) is 10.2. The van der Waals surface area contributed by atoms with Crippen LogP contribution in [0.4, 0.5) is 16.4 Å². The monoisotopic (exact) mass is 452 g/mol. The normalized spacial score (nSPS) is 12.4. The fraction of sp³-hybridized carbons (Fsp3) is 0.182. The van der Waals surface area contributed by atoms with Gasteiger partial charge in [-0.15, -0.1) is 0 Å². The van der Waals surface area contributed by atoms with E-state index in [4.69, 9.17) is 21.1 Å². The number of nitrogens with zero attached hydrogens (tertiary/aromatic N) is 3. The number of aryl methyl sites for hydroxylation is 2. The summed E-state index contributed by atoms with van der Waals surface area (Å²) in [6, 6.07) is 13.8. The van der Waals surface area contributed by atoms with Crippen molar-refractivity contribution in [1.29, 1.82) is 0 Å². The summed E-state index contributed by atoms with van der Waals surface area (Å²) in [6.07, 6.45) is 0. The average Bonchev–Trinajstić information content (AvgIpc) is 3.19. The summed E-state index contributed by atoms with van der Waals surface area (Å²) >= 11 is 5.99. The molecular formula is C22H21ClN6O3. The minimum atomic E-state index is -0.492. The van der Waals surface area contributed by atoms with Gasteiger partial charge in [0.05, 0.1) is 6.54 Å². The molecule has 0 bridgehead atoms. The number of urea groups is 1. The number of carbonyl (C=O) groups is 1. The molecule has 0 saturated carbocycles. The Morgan fingerprint density at radius 3 is 2.59 bits per heavy atom. The molecule has 0 unspecified atom stereocenters. The fourth-order valence-electron chi connectivity index (χ4n) is 3.04. The summed E-state index contributed by atoms with van der Waals surface area (Å²) in [5, 5.41) is 8.93. The number of aromatic nitrogens is 2. The van der Waals surface area contributed by atoms with Crippen molar-refractivity contribution in [2.24, 2.45) is 4.99 Å². The van der Waals surface area contributed by atoms with E-state index >= 15 is 0 Å². The van der Waals surface area contributed by atoms with Crippen molar-refractivity contribution in [2.75, 3.05) is 17.4 Å². The zero-order valence-electron chi connectivity index (χ0n) is 17.5. The summed E-state index contributed by atoms with van der Waals surface area (Å²) in [6.45, 7) is 4.20. The number of benzene rings is 2. The zero-order valence-corrected chi connectivity index (χ0v) is 18.2. The van der Waals surface area contributed by atoms with Crippen molar-refractivity contribution >= 4 is 35.2 Å². The molecule has 2 amide bonds. The lowest BCUT2D eigenvalue weighted by molar-refractivity contribution is 0.174. The van der Waals surface area contributed by atoms with Crippen LogP contribution in [0.1, 0.15) is 17.0 Å². The van der Waals surface area contributed by atoms with E-state index in [2.05, 4.69) is 30.9 Å². The molecule has 0 saturated heterocycles. The van der Waals surface area contributed by atoms with Crippen LogP contribution in [-0.4, -0.2) is 28.8 Å². The summed E-state index contributed by atoms with van der Waals surface area (Å²) in [7, 11) is 0. The number of rotatable bonds is 4. The van der Waals surface area contributed by atoms with Crippen LogP contribution in [0, 0.1) is 13.8 Å². The predicted molar refractivity (Wildman–Crippen MR) is 122 cm³/mol. The third-order valence-electron chi connectivity index (χ3n) is 4.38. The SMILES string of the molecule is Cc1cc(C)nc(NC(=NCc2ccc3c(c2)OCO3)NC(=O)Nc2cccc(Cl)c2)n1. The third-order valence-corrected chi connectivity index (χ3v) is 4.62. The molecule has 1 aliphatic rings. The third kappa shape index (κ3) is 5.64. The first-order chi connectivity index (χ1) is 15.4. The molecule has 0 radical (unpaired) electrons. The minimum absolute atomic E-state index is 0.187. The Kier molecular flexibility index (Phi) is 6.37. The zero-order chi connectivity index (χ0) is 22.5. The highest BCUT2D eigenvalue weighted by Gasteiger charge is 2.14. The van der Waals surface area contributed by atoms with Gasteiger partial charge in [-0.2, -0.15) is 0 Å². The van der Waals surface area contributed by atoms with Gasteiger partial charge in [-0.3, -0.25) is 10.6 Å². The Hall–Kier alpha value is -3.85. The molecular weight excluding hydrogens is 432 g/mol. The number of halogens is 1. The maximum Gasteiger partial charge on any atom is 0.326 e. The lowest BCUT2D eigenvalue weighted by Gasteiger charge is -2.12. The van der Waals surface area contributed by atoms with Gasteiger partial charge in [-0.05, 0) is 55.8 Å². The molecule has 1 aromatic heterocycles. The molecule has 2 heterocycles. The number of fused-ring (bicyclic) bond motifs is 1. The van der Waals surface area contributed by atoms with Gasteiger partial charge in [0, 0.05) is 22.1 Å². The molecule has 9 nitrogen and oxygen atoms in total. The van der Waals surface area contributed by atoms with Gasteiger partial charge in [-0.1, -0.05) is 23.7 Å². The fourth-order valence-corrected chi connectivity index (χ4v) is 3.23. The van der Waals surface area contributed by atoms with E-state index < -0.39 is 6.03 Å². The van der Waals surface area contributed by atoms with Gasteiger partial charge in [-0.25, -0.2) is 19.8 Å². The van der Waals surface area contributed by atoms with E-state index in [0.29, 0.717) is 28.2 Å². The Balaban J connectivity index is 1.52. The van der Waals surface area contributed by atoms with E-state index in [1.165, 1.54) is 0 Å². The van der Waals surface area contributed by atoms with Crippen LogP contribution >= 0.6 is 11.6 Å². The number of guanidine groups is 1. The van der Waals surface area contributed by atoms with Crippen LogP contribution in [-0.2, 0) is 6.54 Å². The van der Waals surface area contributed by atoms with Gasteiger partial charge < -0.3 is 14.8 Å². The lowest BCUT2D eigenvalue weighted by Crippen LogP contribution is -2.39. The highest BCUT2D eigenvalue weighted by Crippen LogP contribution is 2.32. The number of anilines is 2. The van der Waals surface area contributed by atoms with E-state index in [0.717, 1.165) is 17.0 Å². The first-order valence-electron chi connectivity index (χ1n) is 9.80. The van der Waals surface area contributed by atoms with E-state index in [1.807, 2.05) is 38.1 Å². The van der Waals surface area contributed by atoms with Crippen molar-refractivity contribution in [3.05, 3.63) is 70.5 Å². The summed E-state index contributed by atoms with van der Waals surface area (Å²) in [5.74, 6) is 1.87. The van der Waals surface area contributed by atoms with Crippen LogP contribution in [0.25, 0.3) is 0 Å². The number of amides is 2. The Labute approximate surface area is 189 Å². The predicted octanol–water partition coefficient (Wildman–Crippen LogP) is 4.27. The van der Waals surface area contributed by atoms with Crippen LogP contribution in [0.15, 0.2) is 53.5 Å². The quantitative estimate of drug-likeness (QED) is 0.403. The van der Waals surface area contributed by atoms with Crippen molar-refractivity contribution in [2.45, 2.75) is 20.4 Å². The molecule has 0 atom stereocenters. The van der Waals surface area contributed by atoms with Gasteiger partial charge >= 0.3 is 6.03 Å². The van der Waals surface area contributed by atoms with Gasteiger partial charge in [0.2, 0.25) is 18.7 Å². The van der Waals surface area contributed by atoms with Gasteiger partial charge in [0.15, 0.2) is 11.5 Å². The minimum Gasteiger partial charge on any atom is -0.454 e. The number of ether oxygens (including phenoxy) is 2. The Morgan fingerprint density at radius 1 is 1.03 bits per heavy atom. The second-order valence-electron chi connectivity index (χ2n) is 7.04. The van der Waals surface area contributed by atoms with Crippen molar-refractivity contribution < 1.29 is 14.3 Å². The molecule has 0 spiro atoms. The molecule has 3 aromatic rings. The Bertz CT molecular complexity index is 1160. The molecule has 2 aromatic carbocycles. The molecule has 4 rings (SSSR count). The van der Waals surface area contributed by atoms with Crippen LogP contribution in [0.2, 0.25) is 5.02 Å². The molecule has 0 fully saturated rings. The summed E-state index contributed by atoms with van der Waals surface area (Å²) in [4.78, 5) is 25.8. The van der Waals surface area contributed by atoms with E-state index in [1.54, 1.807) is 24.3 Å². The second-order valence-corrected chi connectivity index (χ2v) is 7.48. The summed E-state index contributed by atoms with van der Waals surface area (Å²) < 4.78 is 10.7. The van der Waals surface area contributed by atoms with Crippen LogP contribution in [0.5, 0.6) is 11.5 Å². The maximum absolute atomic E-state index is 12.6. The highest BCUT2D eigenvalue weighted by atomic mass is 35.5. The van der Waals surface area contributed by atoms with Gasteiger partial charge in [0.25, 0.3) is 0 Å². The molecule has 3 N–H and O–H groups in total. The molecule has 1 aliphatic heterocycles. The standard InChI is InChI=1S/C22H21ClN6O3/c1-13-8-14(2)26-21(25-13)28-20(29-22(30)27-17-5-3-4-16(23)10-17)24-11-15-6-7-18-19(9-15)32-12-31-18/h3-10H,11-12H2,1-2H3,(H3,24,25,26,27,28,29,30). The van der Waals surface area contributed by atoms with Crippen LogP contribution < -0.4 is 25.4 Å². The van der Waals surface area contributed by atoms with Crippen molar-refractivity contribution in [3.8, 4) is 11.5 Å². The molecule has 0 aliphatic carbocycles. The second kappa shape index (κ2) is 9.52. The largest absolute Gasteiger partial charge is 0.454 e. The molecule has 10 heteroatoms. The lowest BCUT2D eigenvalue weighted by atomic mass is 10.2. The number of hydrogen-bond acceptors (Lipinski definition) is 6. The molecule has 164 valence electrons. The first kappa shape index (κ1) is 21.4. The average molecular weight is 453 g/mol. The number of carbonyl (C=O) groups excluding carboxylic acids is 1. The number of hydrogen-bond donors (Lipinski definition) is 3. The maximum atomic E-state index is 12.6. The highest BCUT2D eigenvalue weighted by molar-refractivity contribution is 6.30. The summed E-state index contributed by atoms with van der Waals surface area (Å²) in [5.41, 5.74) is 3.01.